The average molecular weight is 307 g/mol. The number of likely N-dealkylation sites (N-methyl/N-ethyl adjacent to an activating group) is 2. The van der Waals surface area contributed by atoms with E-state index in [9.17, 15) is 4.79 Å². The number of nitrogens with one attached hydrogen (secondary N) is 1. The molecule has 0 saturated heterocycles. The van der Waals surface area contributed by atoms with Gasteiger partial charge in [-0.3, -0.25) is 4.79 Å². The van der Waals surface area contributed by atoms with Crippen molar-refractivity contribution in [2.24, 2.45) is 0 Å². The molecule has 16 heavy (non-hydrogen) atoms. The molecule has 0 radical (unpaired) electrons. The Morgan fingerprint density at radius 3 is 2.94 bits per heavy atom. The monoisotopic (exact) mass is 305 g/mol. The highest BCUT2D eigenvalue weighted by molar-refractivity contribution is 9.10. The van der Waals surface area contributed by atoms with Crippen molar-refractivity contribution in [2.75, 3.05) is 25.0 Å². The van der Waals surface area contributed by atoms with Gasteiger partial charge in [-0.2, -0.15) is 0 Å². The number of rotatable bonds is 4. The topological polar surface area (TPSA) is 45.2 Å². The van der Waals surface area contributed by atoms with Crippen molar-refractivity contribution >= 4 is 39.3 Å². The number of nitrogens with zero attached hydrogens (tertiary/aromatic N) is 2. The van der Waals surface area contributed by atoms with E-state index in [0.29, 0.717) is 17.4 Å². The third kappa shape index (κ3) is 3.64. The van der Waals surface area contributed by atoms with Crippen molar-refractivity contribution in [3.05, 3.63) is 21.8 Å². The second kappa shape index (κ2) is 6.06. The minimum absolute atomic E-state index is 0.0502. The molecule has 0 atom stereocenters. The minimum Gasteiger partial charge on any atom is -0.355 e. The number of carbonyl (C=O) groups excluding carboxylic acids is 1. The molecule has 0 aliphatic rings. The first-order valence-electron chi connectivity index (χ1n) is 4.83. The summed E-state index contributed by atoms with van der Waals surface area (Å²) < 4.78 is 0.813. The number of pyridine rings is 1. The number of carbonyl (C=O) groups is 1. The molecule has 0 bridgehead atoms. The van der Waals surface area contributed by atoms with Gasteiger partial charge in [-0.15, -0.1) is 0 Å². The minimum atomic E-state index is -0.0502. The van der Waals surface area contributed by atoms with E-state index in [4.69, 9.17) is 11.6 Å². The normalized spacial score (nSPS) is 10.0. The Morgan fingerprint density at radius 1 is 1.69 bits per heavy atom. The maximum absolute atomic E-state index is 11.4. The number of halogens is 2. The van der Waals surface area contributed by atoms with Crippen molar-refractivity contribution in [2.45, 2.75) is 6.92 Å². The molecular weight excluding hydrogens is 293 g/mol. The van der Waals surface area contributed by atoms with Crippen LogP contribution in [0.4, 0.5) is 5.82 Å². The summed E-state index contributed by atoms with van der Waals surface area (Å²) in [5.74, 6) is 0.543. The zero-order chi connectivity index (χ0) is 12.1. The van der Waals surface area contributed by atoms with Crippen LogP contribution in [0.2, 0.25) is 5.02 Å². The molecule has 1 aromatic heterocycles. The van der Waals surface area contributed by atoms with E-state index in [1.165, 1.54) is 0 Å². The van der Waals surface area contributed by atoms with Crippen LogP contribution < -0.4 is 10.2 Å². The third-order valence-corrected chi connectivity index (χ3v) is 2.62. The largest absolute Gasteiger partial charge is 0.355 e. The van der Waals surface area contributed by atoms with Gasteiger partial charge >= 0.3 is 0 Å². The average Bonchev–Trinajstić information content (AvgIpc) is 2.17. The van der Waals surface area contributed by atoms with E-state index in [0.717, 1.165) is 4.47 Å². The van der Waals surface area contributed by atoms with Crippen LogP contribution in [0.25, 0.3) is 0 Å². The summed E-state index contributed by atoms with van der Waals surface area (Å²) in [4.78, 5) is 17.2. The molecule has 1 heterocycles. The third-order valence-electron chi connectivity index (χ3n) is 1.90. The summed E-state index contributed by atoms with van der Waals surface area (Å²) in [6.07, 6.45) is 1.65. The fourth-order valence-electron chi connectivity index (χ4n) is 1.23. The van der Waals surface area contributed by atoms with Gasteiger partial charge in [0.25, 0.3) is 0 Å². The van der Waals surface area contributed by atoms with E-state index in [2.05, 4.69) is 26.2 Å². The predicted molar refractivity (Wildman–Crippen MR) is 68.9 cm³/mol. The summed E-state index contributed by atoms with van der Waals surface area (Å²) in [5, 5.41) is 3.23. The smallest absolute Gasteiger partial charge is 0.239 e. The SMILES string of the molecule is CCNC(=O)CN(C)c1ncc(Br)cc1Cl. The highest BCUT2D eigenvalue weighted by Gasteiger charge is 2.11. The van der Waals surface area contributed by atoms with Crippen molar-refractivity contribution < 1.29 is 4.79 Å². The van der Waals surface area contributed by atoms with E-state index in [1.54, 1.807) is 24.2 Å². The Labute approximate surface area is 108 Å². The predicted octanol–water partition coefficient (Wildman–Crippen LogP) is 2.07. The van der Waals surface area contributed by atoms with Crippen LogP contribution in [-0.2, 0) is 4.79 Å². The maximum atomic E-state index is 11.4. The van der Waals surface area contributed by atoms with Crippen molar-refractivity contribution in [1.82, 2.24) is 10.3 Å². The van der Waals surface area contributed by atoms with Crippen LogP contribution in [0, 0.1) is 0 Å². The standard InChI is InChI=1S/C10H13BrClN3O/c1-3-13-9(16)6-15(2)10-8(12)4-7(11)5-14-10/h4-5H,3,6H2,1-2H3,(H,13,16). The zero-order valence-corrected chi connectivity index (χ0v) is 11.5. The summed E-state index contributed by atoms with van der Waals surface area (Å²) in [6, 6.07) is 1.75. The molecule has 1 amide bonds. The van der Waals surface area contributed by atoms with Gasteiger partial charge in [-0.1, -0.05) is 11.6 Å². The van der Waals surface area contributed by atoms with Gasteiger partial charge in [0.2, 0.25) is 5.91 Å². The van der Waals surface area contributed by atoms with Crippen LogP contribution in [0.15, 0.2) is 16.7 Å². The van der Waals surface area contributed by atoms with Crippen LogP contribution in [0.5, 0.6) is 0 Å². The first-order valence-corrected chi connectivity index (χ1v) is 6.00. The van der Waals surface area contributed by atoms with Crippen molar-refractivity contribution in [3.8, 4) is 0 Å². The van der Waals surface area contributed by atoms with Gasteiger partial charge in [0.05, 0.1) is 11.6 Å². The molecule has 0 saturated carbocycles. The van der Waals surface area contributed by atoms with Gasteiger partial charge < -0.3 is 10.2 Å². The van der Waals surface area contributed by atoms with Gasteiger partial charge in [-0.05, 0) is 28.9 Å². The highest BCUT2D eigenvalue weighted by atomic mass is 79.9. The molecule has 4 nitrogen and oxygen atoms in total. The molecule has 6 heteroatoms. The maximum Gasteiger partial charge on any atom is 0.239 e. The molecule has 0 aliphatic heterocycles. The molecule has 88 valence electrons. The number of aromatic nitrogens is 1. The fourth-order valence-corrected chi connectivity index (χ4v) is 2.01. The molecular formula is C10H13BrClN3O. The van der Waals surface area contributed by atoms with Crippen molar-refractivity contribution in [3.63, 3.8) is 0 Å². The Balaban J connectivity index is 2.72. The molecule has 0 spiro atoms. The zero-order valence-electron chi connectivity index (χ0n) is 9.13. The first kappa shape index (κ1) is 13.3. The number of hydrogen-bond acceptors (Lipinski definition) is 3. The van der Waals surface area contributed by atoms with E-state index < -0.39 is 0 Å². The lowest BCUT2D eigenvalue weighted by atomic mass is 10.4. The Bertz CT molecular complexity index is 386. The summed E-state index contributed by atoms with van der Waals surface area (Å²) in [7, 11) is 1.78. The lowest BCUT2D eigenvalue weighted by Crippen LogP contribution is -2.35. The highest BCUT2D eigenvalue weighted by Crippen LogP contribution is 2.25. The van der Waals surface area contributed by atoms with E-state index >= 15 is 0 Å². The molecule has 0 fully saturated rings. The second-order valence-corrected chi connectivity index (χ2v) is 4.59. The lowest BCUT2D eigenvalue weighted by Gasteiger charge is -2.18. The second-order valence-electron chi connectivity index (χ2n) is 3.27. The molecule has 1 N–H and O–H groups in total. The first-order chi connectivity index (χ1) is 7.54. The quantitative estimate of drug-likeness (QED) is 0.926. The lowest BCUT2D eigenvalue weighted by molar-refractivity contribution is -0.119. The van der Waals surface area contributed by atoms with E-state index in [1.807, 2.05) is 6.92 Å². The molecule has 1 aromatic rings. The van der Waals surface area contributed by atoms with Crippen LogP contribution in [0.3, 0.4) is 0 Å². The molecule has 0 aromatic carbocycles. The van der Waals surface area contributed by atoms with E-state index in [-0.39, 0.29) is 12.5 Å². The Kier molecular flexibility index (Phi) is 5.02. The van der Waals surface area contributed by atoms with Gasteiger partial charge in [0, 0.05) is 24.3 Å². The summed E-state index contributed by atoms with van der Waals surface area (Å²) in [6.45, 7) is 2.74. The fraction of sp³-hybridized carbons (Fsp3) is 0.400. The van der Waals surface area contributed by atoms with Gasteiger partial charge in [0.1, 0.15) is 5.82 Å². The Hall–Kier alpha value is -0.810. The Morgan fingerprint density at radius 2 is 2.38 bits per heavy atom. The molecule has 1 rings (SSSR count). The summed E-state index contributed by atoms with van der Waals surface area (Å²) in [5.41, 5.74) is 0. The van der Waals surface area contributed by atoms with Crippen molar-refractivity contribution in [1.29, 1.82) is 0 Å². The van der Waals surface area contributed by atoms with Crippen LogP contribution >= 0.6 is 27.5 Å². The van der Waals surface area contributed by atoms with Gasteiger partial charge in [-0.25, -0.2) is 4.98 Å². The molecule has 0 aliphatic carbocycles. The summed E-state index contributed by atoms with van der Waals surface area (Å²) >= 11 is 9.30. The van der Waals surface area contributed by atoms with Gasteiger partial charge in [0.15, 0.2) is 0 Å². The molecule has 0 unspecified atom stereocenters. The number of anilines is 1. The van der Waals surface area contributed by atoms with Crippen LogP contribution in [0.1, 0.15) is 6.92 Å². The number of hydrogen-bond donors (Lipinski definition) is 1. The van der Waals surface area contributed by atoms with Crippen LogP contribution in [-0.4, -0.2) is 31.0 Å². The number of amides is 1.